The Balaban J connectivity index is 3.70. The molecule has 0 fully saturated rings. The molecule has 0 aromatic rings. The zero-order chi connectivity index (χ0) is 18.6. The van der Waals surface area contributed by atoms with Crippen LogP contribution in [0.5, 0.6) is 0 Å². The van der Waals surface area contributed by atoms with Crippen molar-refractivity contribution in [3.05, 3.63) is 12.2 Å². The molecule has 0 heterocycles. The molecule has 0 bridgehead atoms. The monoisotopic (exact) mass is 342 g/mol. The van der Waals surface area contributed by atoms with Gasteiger partial charge in [-0.3, -0.25) is 9.59 Å². The average Bonchev–Trinajstić information content (AvgIpc) is 2.47. The molecular weight excluding hydrogens is 312 g/mol. The highest BCUT2D eigenvalue weighted by Crippen LogP contribution is 2.14. The molecule has 0 aliphatic carbocycles. The number of rotatable bonds is 13. The molecule has 1 N–H and O–H groups in total. The number of carboxylic acids is 1. The van der Waals surface area contributed by atoms with Crippen LogP contribution >= 0.6 is 0 Å². The van der Waals surface area contributed by atoms with Gasteiger partial charge in [-0.15, -0.1) is 0 Å². The van der Waals surface area contributed by atoms with Gasteiger partial charge in [0.2, 0.25) is 0 Å². The van der Waals surface area contributed by atoms with Gasteiger partial charge < -0.3 is 14.6 Å². The van der Waals surface area contributed by atoms with Gasteiger partial charge in [-0.05, 0) is 33.6 Å². The van der Waals surface area contributed by atoms with Crippen LogP contribution < -0.4 is 0 Å². The summed E-state index contributed by atoms with van der Waals surface area (Å²) in [6.45, 7) is 8.44. The number of carbonyl (C=O) groups is 3. The van der Waals surface area contributed by atoms with E-state index < -0.39 is 17.5 Å². The van der Waals surface area contributed by atoms with Gasteiger partial charge in [0.15, 0.2) is 0 Å². The van der Waals surface area contributed by atoms with Gasteiger partial charge in [0.05, 0.1) is 0 Å². The second kappa shape index (κ2) is 11.6. The maximum absolute atomic E-state index is 11.7. The number of unbranched alkanes of at least 4 members (excludes halogenated alkanes) is 5. The number of esters is 2. The highest BCUT2D eigenvalue weighted by Gasteiger charge is 2.25. The minimum Gasteiger partial charge on any atom is -0.481 e. The van der Waals surface area contributed by atoms with E-state index >= 15 is 0 Å². The van der Waals surface area contributed by atoms with Crippen molar-refractivity contribution in [2.24, 2.45) is 0 Å². The Morgan fingerprint density at radius 3 is 1.96 bits per heavy atom. The van der Waals surface area contributed by atoms with Gasteiger partial charge in [-0.25, -0.2) is 4.79 Å². The van der Waals surface area contributed by atoms with E-state index in [1.54, 1.807) is 20.8 Å². The van der Waals surface area contributed by atoms with Crippen LogP contribution in [0.25, 0.3) is 0 Å². The SMILES string of the molecule is C=C(C)C(=O)OC(C)(C)COC(=O)CCCCCCCCC(=O)O. The first-order valence-electron chi connectivity index (χ1n) is 8.40. The fourth-order valence-corrected chi connectivity index (χ4v) is 1.95. The molecule has 0 aromatic carbocycles. The van der Waals surface area contributed by atoms with Crippen molar-refractivity contribution in [3.63, 3.8) is 0 Å². The number of carbonyl (C=O) groups excluding carboxylic acids is 2. The summed E-state index contributed by atoms with van der Waals surface area (Å²) in [5.74, 6) is -1.56. The number of carboxylic acid groups (broad SMARTS) is 1. The molecule has 0 saturated carbocycles. The number of aliphatic carboxylic acids is 1. The summed E-state index contributed by atoms with van der Waals surface area (Å²) in [5, 5.41) is 8.52. The lowest BCUT2D eigenvalue weighted by Crippen LogP contribution is -2.34. The Morgan fingerprint density at radius 1 is 0.958 bits per heavy atom. The van der Waals surface area contributed by atoms with Crippen LogP contribution in [0.4, 0.5) is 0 Å². The van der Waals surface area contributed by atoms with Crippen molar-refractivity contribution in [2.45, 2.75) is 77.7 Å². The summed E-state index contributed by atoms with van der Waals surface area (Å²) in [4.78, 5) is 33.5. The summed E-state index contributed by atoms with van der Waals surface area (Å²) < 4.78 is 10.3. The van der Waals surface area contributed by atoms with Crippen molar-refractivity contribution in [2.75, 3.05) is 6.61 Å². The van der Waals surface area contributed by atoms with E-state index in [1.165, 1.54) is 0 Å². The maximum Gasteiger partial charge on any atom is 0.333 e. The number of hydrogen-bond donors (Lipinski definition) is 1. The third-order valence-corrected chi connectivity index (χ3v) is 3.32. The zero-order valence-electron chi connectivity index (χ0n) is 15.1. The maximum atomic E-state index is 11.7. The molecule has 0 unspecified atom stereocenters. The second-order valence-electron chi connectivity index (χ2n) is 6.61. The van der Waals surface area contributed by atoms with Gasteiger partial charge in [-0.2, -0.15) is 0 Å². The molecule has 0 atom stereocenters. The molecule has 24 heavy (non-hydrogen) atoms. The molecule has 6 heteroatoms. The zero-order valence-corrected chi connectivity index (χ0v) is 15.1. The van der Waals surface area contributed by atoms with Gasteiger partial charge >= 0.3 is 17.9 Å². The molecule has 0 aliphatic heterocycles. The molecule has 0 saturated heterocycles. The van der Waals surface area contributed by atoms with Gasteiger partial charge in [0, 0.05) is 18.4 Å². The van der Waals surface area contributed by atoms with Crippen LogP contribution in [0.1, 0.15) is 72.1 Å². The molecule has 0 radical (unpaired) electrons. The molecule has 6 nitrogen and oxygen atoms in total. The fraction of sp³-hybridized carbons (Fsp3) is 0.722. The first kappa shape index (κ1) is 22.1. The quantitative estimate of drug-likeness (QED) is 0.312. The van der Waals surface area contributed by atoms with Crippen molar-refractivity contribution < 1.29 is 29.0 Å². The Bertz CT molecular complexity index is 439. The summed E-state index contributed by atoms with van der Waals surface area (Å²) >= 11 is 0. The largest absolute Gasteiger partial charge is 0.481 e. The van der Waals surface area contributed by atoms with E-state index in [4.69, 9.17) is 14.6 Å². The van der Waals surface area contributed by atoms with E-state index in [9.17, 15) is 14.4 Å². The second-order valence-corrected chi connectivity index (χ2v) is 6.61. The molecular formula is C18H30O6. The van der Waals surface area contributed by atoms with Crippen molar-refractivity contribution in [1.82, 2.24) is 0 Å². The Labute approximate surface area is 144 Å². The lowest BCUT2D eigenvalue weighted by atomic mass is 10.1. The van der Waals surface area contributed by atoms with E-state index in [-0.39, 0.29) is 19.0 Å². The summed E-state index contributed by atoms with van der Waals surface area (Å²) in [7, 11) is 0. The molecule has 0 amide bonds. The third-order valence-electron chi connectivity index (χ3n) is 3.32. The Morgan fingerprint density at radius 2 is 1.46 bits per heavy atom. The number of ether oxygens (including phenoxy) is 2. The van der Waals surface area contributed by atoms with Crippen LogP contribution in [0.2, 0.25) is 0 Å². The first-order valence-corrected chi connectivity index (χ1v) is 8.40. The molecule has 0 aliphatic rings. The van der Waals surface area contributed by atoms with E-state index in [1.807, 2.05) is 0 Å². The first-order chi connectivity index (χ1) is 11.1. The van der Waals surface area contributed by atoms with Crippen LogP contribution in [0.15, 0.2) is 12.2 Å². The summed E-state index contributed by atoms with van der Waals surface area (Å²) in [6, 6.07) is 0. The normalized spacial score (nSPS) is 11.0. The standard InChI is InChI=1S/C18H30O6/c1-14(2)17(22)24-18(3,4)13-23-16(21)12-10-8-6-5-7-9-11-15(19)20/h1,5-13H2,2-4H3,(H,19,20). The smallest absolute Gasteiger partial charge is 0.333 e. The highest BCUT2D eigenvalue weighted by molar-refractivity contribution is 5.87. The minimum atomic E-state index is -0.879. The molecule has 138 valence electrons. The number of hydrogen-bond acceptors (Lipinski definition) is 5. The molecule has 0 spiro atoms. The fourth-order valence-electron chi connectivity index (χ4n) is 1.95. The van der Waals surface area contributed by atoms with Crippen LogP contribution in [0.3, 0.4) is 0 Å². The average molecular weight is 342 g/mol. The third kappa shape index (κ3) is 12.7. The summed E-state index contributed by atoms with van der Waals surface area (Å²) in [6.07, 6.45) is 5.77. The van der Waals surface area contributed by atoms with Crippen LogP contribution in [-0.4, -0.2) is 35.2 Å². The van der Waals surface area contributed by atoms with Gasteiger partial charge in [0.25, 0.3) is 0 Å². The predicted molar refractivity (Wildman–Crippen MR) is 90.5 cm³/mol. The van der Waals surface area contributed by atoms with Crippen LogP contribution in [0, 0.1) is 0 Å². The molecule has 0 aromatic heterocycles. The van der Waals surface area contributed by atoms with Gasteiger partial charge in [-0.1, -0.05) is 32.3 Å². The van der Waals surface area contributed by atoms with E-state index in [0.717, 1.165) is 32.1 Å². The van der Waals surface area contributed by atoms with Crippen molar-refractivity contribution in [3.8, 4) is 0 Å². The van der Waals surface area contributed by atoms with Crippen molar-refractivity contribution in [1.29, 1.82) is 0 Å². The van der Waals surface area contributed by atoms with Gasteiger partial charge in [0.1, 0.15) is 12.2 Å². The Kier molecular flexibility index (Phi) is 10.8. The minimum absolute atomic E-state index is 0.0139. The summed E-state index contributed by atoms with van der Waals surface area (Å²) in [5.41, 5.74) is -0.576. The lowest BCUT2D eigenvalue weighted by molar-refractivity contribution is -0.165. The highest BCUT2D eigenvalue weighted by atomic mass is 16.6. The lowest BCUT2D eigenvalue weighted by Gasteiger charge is -2.24. The predicted octanol–water partition coefficient (Wildman–Crippen LogP) is 3.63. The molecule has 0 rings (SSSR count). The Hall–Kier alpha value is -1.85. The van der Waals surface area contributed by atoms with Crippen molar-refractivity contribution >= 4 is 17.9 Å². The van der Waals surface area contributed by atoms with E-state index in [2.05, 4.69) is 6.58 Å². The van der Waals surface area contributed by atoms with Crippen LogP contribution in [-0.2, 0) is 23.9 Å². The van der Waals surface area contributed by atoms with E-state index in [0.29, 0.717) is 18.4 Å². The topological polar surface area (TPSA) is 89.9 Å².